The van der Waals surface area contributed by atoms with Gasteiger partial charge in [0.25, 0.3) is 0 Å². The van der Waals surface area contributed by atoms with Gasteiger partial charge in [-0.2, -0.15) is 0 Å². The molecule has 0 aliphatic carbocycles. The summed E-state index contributed by atoms with van der Waals surface area (Å²) in [5.41, 5.74) is 2.05. The SMILES string of the molecule is CN(C)c1ccc(-n2c(=O)n(Cc3cccc(C(=O)O)c3F)c3ccc(Cl)cc32)cc1. The van der Waals surface area contributed by atoms with Crippen LogP contribution in [0.2, 0.25) is 5.02 Å². The van der Waals surface area contributed by atoms with E-state index in [-0.39, 0.29) is 17.8 Å². The number of anilines is 1. The first kappa shape index (κ1) is 20.7. The molecule has 1 aromatic heterocycles. The smallest absolute Gasteiger partial charge is 0.338 e. The fraction of sp³-hybridized carbons (Fsp3) is 0.130. The van der Waals surface area contributed by atoms with Crippen molar-refractivity contribution in [3.63, 3.8) is 0 Å². The topological polar surface area (TPSA) is 67.5 Å². The highest BCUT2D eigenvalue weighted by atomic mass is 35.5. The summed E-state index contributed by atoms with van der Waals surface area (Å²) in [6.45, 7) is -0.118. The minimum Gasteiger partial charge on any atom is -0.478 e. The van der Waals surface area contributed by atoms with E-state index in [1.165, 1.54) is 27.3 Å². The van der Waals surface area contributed by atoms with Gasteiger partial charge < -0.3 is 10.0 Å². The number of hydrogen-bond donors (Lipinski definition) is 1. The number of carboxylic acid groups (broad SMARTS) is 1. The minimum atomic E-state index is -1.36. The van der Waals surface area contributed by atoms with Crippen LogP contribution in [0.5, 0.6) is 0 Å². The molecule has 31 heavy (non-hydrogen) atoms. The minimum absolute atomic E-state index is 0.110. The second-order valence-corrected chi connectivity index (χ2v) is 7.77. The quantitative estimate of drug-likeness (QED) is 0.500. The summed E-state index contributed by atoms with van der Waals surface area (Å²) in [6, 6.07) is 16.6. The Balaban J connectivity index is 1.90. The third-order valence-corrected chi connectivity index (χ3v) is 5.39. The van der Waals surface area contributed by atoms with Crippen molar-refractivity contribution in [3.05, 3.63) is 93.1 Å². The summed E-state index contributed by atoms with van der Waals surface area (Å²) in [4.78, 5) is 26.6. The third-order valence-electron chi connectivity index (χ3n) is 5.15. The van der Waals surface area contributed by atoms with Crippen LogP contribution in [0, 0.1) is 5.82 Å². The lowest BCUT2D eigenvalue weighted by atomic mass is 10.1. The van der Waals surface area contributed by atoms with E-state index < -0.39 is 17.3 Å². The second-order valence-electron chi connectivity index (χ2n) is 7.33. The lowest BCUT2D eigenvalue weighted by molar-refractivity contribution is 0.0691. The highest BCUT2D eigenvalue weighted by Gasteiger charge is 2.19. The maximum absolute atomic E-state index is 14.7. The monoisotopic (exact) mass is 439 g/mol. The Hall–Kier alpha value is -3.58. The van der Waals surface area contributed by atoms with Crippen molar-refractivity contribution in [2.45, 2.75) is 6.54 Å². The van der Waals surface area contributed by atoms with E-state index in [0.29, 0.717) is 21.7 Å². The van der Waals surface area contributed by atoms with Gasteiger partial charge in [0, 0.05) is 30.4 Å². The molecule has 4 rings (SSSR count). The predicted molar refractivity (Wildman–Crippen MR) is 119 cm³/mol. The summed E-state index contributed by atoms with van der Waals surface area (Å²) in [5.74, 6) is -2.21. The van der Waals surface area contributed by atoms with Gasteiger partial charge in [-0.05, 0) is 48.5 Å². The first-order valence-electron chi connectivity index (χ1n) is 9.47. The molecule has 0 aliphatic heterocycles. The van der Waals surface area contributed by atoms with E-state index >= 15 is 0 Å². The molecular weight excluding hydrogens is 421 g/mol. The Kier molecular flexibility index (Phi) is 5.29. The largest absolute Gasteiger partial charge is 0.478 e. The first-order chi connectivity index (χ1) is 14.8. The van der Waals surface area contributed by atoms with Gasteiger partial charge in [-0.25, -0.2) is 14.0 Å². The van der Waals surface area contributed by atoms with Crippen molar-refractivity contribution in [1.82, 2.24) is 9.13 Å². The second kappa shape index (κ2) is 7.92. The van der Waals surface area contributed by atoms with Crippen LogP contribution < -0.4 is 10.6 Å². The average Bonchev–Trinajstić information content (AvgIpc) is 3.00. The van der Waals surface area contributed by atoms with Crippen LogP contribution in [0.4, 0.5) is 10.1 Å². The van der Waals surface area contributed by atoms with Crippen LogP contribution in [0.1, 0.15) is 15.9 Å². The van der Waals surface area contributed by atoms with Gasteiger partial charge in [0.2, 0.25) is 0 Å². The average molecular weight is 440 g/mol. The number of halogens is 2. The van der Waals surface area contributed by atoms with E-state index in [4.69, 9.17) is 11.6 Å². The molecule has 0 fully saturated rings. The summed E-state index contributed by atoms with van der Waals surface area (Å²) in [6.07, 6.45) is 0. The number of nitrogens with zero attached hydrogens (tertiary/aromatic N) is 3. The zero-order valence-corrected chi connectivity index (χ0v) is 17.6. The Labute approximate surface area is 182 Å². The van der Waals surface area contributed by atoms with Crippen molar-refractivity contribution in [3.8, 4) is 5.69 Å². The van der Waals surface area contributed by atoms with Crippen LogP contribution in [-0.2, 0) is 6.54 Å². The maximum Gasteiger partial charge on any atom is 0.338 e. The molecule has 8 heteroatoms. The molecule has 0 saturated carbocycles. The maximum atomic E-state index is 14.7. The van der Waals surface area contributed by atoms with Crippen LogP contribution in [-0.4, -0.2) is 34.3 Å². The molecule has 6 nitrogen and oxygen atoms in total. The molecule has 1 heterocycles. The molecule has 3 aromatic carbocycles. The summed E-state index contributed by atoms with van der Waals surface area (Å²) in [7, 11) is 3.85. The van der Waals surface area contributed by atoms with E-state index in [1.54, 1.807) is 18.2 Å². The molecule has 0 aliphatic rings. The van der Waals surface area contributed by atoms with Gasteiger partial charge in [0.05, 0.1) is 28.8 Å². The van der Waals surface area contributed by atoms with Crippen LogP contribution in [0.25, 0.3) is 16.7 Å². The number of rotatable bonds is 5. The van der Waals surface area contributed by atoms with Gasteiger partial charge in [-0.3, -0.25) is 9.13 Å². The molecule has 0 unspecified atom stereocenters. The van der Waals surface area contributed by atoms with E-state index in [9.17, 15) is 19.1 Å². The summed E-state index contributed by atoms with van der Waals surface area (Å²) < 4.78 is 17.7. The molecule has 158 valence electrons. The number of carboxylic acids is 1. The van der Waals surface area contributed by atoms with Gasteiger partial charge in [-0.15, -0.1) is 0 Å². The van der Waals surface area contributed by atoms with Gasteiger partial charge in [0.1, 0.15) is 5.82 Å². The predicted octanol–water partition coefficient (Wildman–Crippen LogP) is 4.40. The number of aromatic carboxylic acids is 1. The molecule has 0 saturated heterocycles. The summed E-state index contributed by atoms with van der Waals surface area (Å²) >= 11 is 6.19. The van der Waals surface area contributed by atoms with Crippen molar-refractivity contribution in [1.29, 1.82) is 0 Å². The van der Waals surface area contributed by atoms with Crippen LogP contribution in [0.15, 0.2) is 65.5 Å². The van der Waals surface area contributed by atoms with Crippen molar-refractivity contribution in [2.24, 2.45) is 0 Å². The number of aromatic nitrogens is 2. The lowest BCUT2D eigenvalue weighted by Crippen LogP contribution is -2.24. The van der Waals surface area contributed by atoms with E-state index in [1.807, 2.05) is 43.3 Å². The van der Waals surface area contributed by atoms with E-state index in [2.05, 4.69) is 0 Å². The van der Waals surface area contributed by atoms with Crippen LogP contribution in [0.3, 0.4) is 0 Å². The number of hydrogen-bond acceptors (Lipinski definition) is 3. The Bertz CT molecular complexity index is 1360. The Morgan fingerprint density at radius 2 is 1.77 bits per heavy atom. The number of fused-ring (bicyclic) bond motifs is 1. The molecule has 0 radical (unpaired) electrons. The third kappa shape index (κ3) is 3.68. The highest BCUT2D eigenvalue weighted by Crippen LogP contribution is 2.24. The van der Waals surface area contributed by atoms with E-state index in [0.717, 1.165) is 5.69 Å². The van der Waals surface area contributed by atoms with Gasteiger partial charge >= 0.3 is 11.7 Å². The Morgan fingerprint density at radius 1 is 1.06 bits per heavy atom. The normalized spacial score (nSPS) is 11.1. The fourth-order valence-electron chi connectivity index (χ4n) is 3.57. The number of imidazole rings is 1. The van der Waals surface area contributed by atoms with Crippen molar-refractivity contribution < 1.29 is 14.3 Å². The van der Waals surface area contributed by atoms with Crippen molar-refractivity contribution in [2.75, 3.05) is 19.0 Å². The molecule has 0 atom stereocenters. The molecular formula is C23H19ClFN3O3. The van der Waals surface area contributed by atoms with Gasteiger partial charge in [-0.1, -0.05) is 23.7 Å². The standard InChI is InChI=1S/C23H19ClFN3O3/c1-26(2)16-7-9-17(10-8-16)28-20-12-15(24)6-11-19(20)27(23(28)31)13-14-4-3-5-18(21(14)25)22(29)30/h3-12H,13H2,1-2H3,(H,29,30). The molecule has 4 aromatic rings. The zero-order chi connectivity index (χ0) is 22.3. The number of carbonyl (C=O) groups is 1. The Morgan fingerprint density at radius 3 is 2.42 bits per heavy atom. The fourth-order valence-corrected chi connectivity index (χ4v) is 3.74. The number of benzene rings is 3. The molecule has 0 bridgehead atoms. The molecule has 0 spiro atoms. The van der Waals surface area contributed by atoms with Crippen molar-refractivity contribution >= 4 is 34.3 Å². The van der Waals surface area contributed by atoms with Gasteiger partial charge in [0.15, 0.2) is 0 Å². The highest BCUT2D eigenvalue weighted by molar-refractivity contribution is 6.31. The molecule has 0 amide bonds. The molecule has 1 N–H and O–H groups in total. The zero-order valence-electron chi connectivity index (χ0n) is 16.8. The summed E-state index contributed by atoms with van der Waals surface area (Å²) in [5, 5.41) is 9.66. The van der Waals surface area contributed by atoms with Crippen LogP contribution >= 0.6 is 11.6 Å². The first-order valence-corrected chi connectivity index (χ1v) is 9.85. The lowest BCUT2D eigenvalue weighted by Gasteiger charge is -2.13.